The molecule has 0 saturated carbocycles. The first-order valence-corrected chi connectivity index (χ1v) is 11.8. The van der Waals surface area contributed by atoms with Crippen molar-refractivity contribution in [3.05, 3.63) is 45.3 Å². The number of esters is 1. The highest BCUT2D eigenvalue weighted by Crippen LogP contribution is 2.29. The summed E-state index contributed by atoms with van der Waals surface area (Å²) in [5, 5.41) is 0. The number of anilines is 1. The lowest BCUT2D eigenvalue weighted by Gasteiger charge is -2.35. The molecule has 0 N–H and O–H groups in total. The number of rotatable bonds is 4. The number of aryl methyl sites for hydroxylation is 2. The molecular formula is C23H29N3O3S. The van der Waals surface area contributed by atoms with E-state index in [-0.39, 0.29) is 11.9 Å². The summed E-state index contributed by atoms with van der Waals surface area (Å²) in [6.07, 6.45) is 8.87. The fraction of sp³-hybridized carbons (Fsp3) is 0.522. The average Bonchev–Trinajstić information content (AvgIpc) is 3.15. The monoisotopic (exact) mass is 427 g/mol. The molecule has 1 saturated heterocycles. The van der Waals surface area contributed by atoms with Crippen LogP contribution < -0.4 is 4.90 Å². The second-order valence-electron chi connectivity index (χ2n) is 7.88. The van der Waals surface area contributed by atoms with Crippen LogP contribution in [0.25, 0.3) is 0 Å². The SMILES string of the molecule is CCOC(=O)c1ccc(N2CCN(C(=O)c3cc4c(s3)CCCCCC4)CC2)nc1. The molecule has 1 aliphatic heterocycles. The van der Waals surface area contributed by atoms with Gasteiger partial charge in [0.1, 0.15) is 5.82 Å². The number of hydrogen-bond donors (Lipinski definition) is 0. The van der Waals surface area contributed by atoms with Crippen LogP contribution >= 0.6 is 11.3 Å². The van der Waals surface area contributed by atoms with Gasteiger partial charge in [-0.25, -0.2) is 9.78 Å². The van der Waals surface area contributed by atoms with Crippen molar-refractivity contribution in [1.29, 1.82) is 0 Å². The van der Waals surface area contributed by atoms with E-state index in [2.05, 4.69) is 16.0 Å². The Morgan fingerprint density at radius 2 is 1.83 bits per heavy atom. The first kappa shape index (κ1) is 20.8. The fourth-order valence-electron chi connectivity index (χ4n) is 4.15. The van der Waals surface area contributed by atoms with Crippen LogP contribution in [0.2, 0.25) is 0 Å². The van der Waals surface area contributed by atoms with Crippen molar-refractivity contribution in [3.8, 4) is 0 Å². The van der Waals surface area contributed by atoms with Crippen LogP contribution in [-0.2, 0) is 17.6 Å². The van der Waals surface area contributed by atoms with Crippen LogP contribution in [0.5, 0.6) is 0 Å². The molecule has 1 fully saturated rings. The minimum Gasteiger partial charge on any atom is -0.462 e. The number of carbonyl (C=O) groups excluding carboxylic acids is 2. The number of piperazine rings is 1. The fourth-order valence-corrected chi connectivity index (χ4v) is 5.37. The summed E-state index contributed by atoms with van der Waals surface area (Å²) in [5.74, 6) is 0.642. The van der Waals surface area contributed by atoms with Crippen LogP contribution in [0.15, 0.2) is 24.4 Å². The second-order valence-corrected chi connectivity index (χ2v) is 9.01. The van der Waals surface area contributed by atoms with Gasteiger partial charge < -0.3 is 14.5 Å². The van der Waals surface area contributed by atoms with Crippen molar-refractivity contribution in [2.45, 2.75) is 45.4 Å². The van der Waals surface area contributed by atoms with Crippen LogP contribution in [0, 0.1) is 0 Å². The zero-order chi connectivity index (χ0) is 20.9. The number of thiophene rings is 1. The summed E-state index contributed by atoms with van der Waals surface area (Å²) in [5.41, 5.74) is 1.86. The molecule has 160 valence electrons. The quantitative estimate of drug-likeness (QED) is 0.692. The van der Waals surface area contributed by atoms with Gasteiger partial charge in [0, 0.05) is 37.3 Å². The van der Waals surface area contributed by atoms with Crippen molar-refractivity contribution in [2.75, 3.05) is 37.7 Å². The number of nitrogens with zero attached hydrogens (tertiary/aromatic N) is 3. The van der Waals surface area contributed by atoms with E-state index in [1.54, 1.807) is 30.5 Å². The van der Waals surface area contributed by atoms with Crippen molar-refractivity contribution in [3.63, 3.8) is 0 Å². The molecule has 2 aliphatic rings. The van der Waals surface area contributed by atoms with Crippen molar-refractivity contribution in [1.82, 2.24) is 9.88 Å². The molecule has 3 heterocycles. The summed E-state index contributed by atoms with van der Waals surface area (Å²) in [4.78, 5) is 35.7. The molecule has 0 atom stereocenters. The van der Waals surface area contributed by atoms with E-state index in [1.807, 2.05) is 11.0 Å². The Labute approximate surface area is 181 Å². The zero-order valence-electron chi connectivity index (χ0n) is 17.6. The van der Waals surface area contributed by atoms with Gasteiger partial charge in [-0.05, 0) is 56.4 Å². The average molecular weight is 428 g/mol. The number of aromatic nitrogens is 1. The summed E-state index contributed by atoms with van der Waals surface area (Å²) in [6.45, 7) is 4.98. The Balaban J connectivity index is 1.36. The van der Waals surface area contributed by atoms with Gasteiger partial charge in [0.25, 0.3) is 5.91 Å². The Kier molecular flexibility index (Phi) is 6.67. The number of fused-ring (bicyclic) bond motifs is 1. The molecule has 1 aliphatic carbocycles. The maximum Gasteiger partial charge on any atom is 0.339 e. The molecule has 4 rings (SSSR count). The Hall–Kier alpha value is -2.41. The third-order valence-electron chi connectivity index (χ3n) is 5.86. The van der Waals surface area contributed by atoms with E-state index >= 15 is 0 Å². The Bertz CT molecular complexity index is 860. The smallest absolute Gasteiger partial charge is 0.339 e. The predicted molar refractivity (Wildman–Crippen MR) is 119 cm³/mol. The van der Waals surface area contributed by atoms with Gasteiger partial charge in [-0.1, -0.05) is 12.8 Å². The first-order valence-electron chi connectivity index (χ1n) is 10.9. The molecule has 0 bridgehead atoms. The van der Waals surface area contributed by atoms with Crippen LogP contribution in [0.1, 0.15) is 63.1 Å². The molecule has 7 heteroatoms. The molecule has 1 amide bonds. The molecule has 2 aromatic heterocycles. The van der Waals surface area contributed by atoms with Crippen molar-refractivity contribution >= 4 is 29.0 Å². The van der Waals surface area contributed by atoms with E-state index < -0.39 is 0 Å². The van der Waals surface area contributed by atoms with E-state index in [0.29, 0.717) is 25.3 Å². The summed E-state index contributed by atoms with van der Waals surface area (Å²) < 4.78 is 5.00. The largest absolute Gasteiger partial charge is 0.462 e. The minimum atomic E-state index is -0.350. The summed E-state index contributed by atoms with van der Waals surface area (Å²) in [7, 11) is 0. The molecular weight excluding hydrogens is 398 g/mol. The van der Waals surface area contributed by atoms with Gasteiger partial charge in [-0.2, -0.15) is 0 Å². The lowest BCUT2D eigenvalue weighted by molar-refractivity contribution is 0.0525. The van der Waals surface area contributed by atoms with E-state index in [0.717, 1.165) is 36.6 Å². The standard InChI is InChI=1S/C23H29N3O3S/c1-2-29-23(28)18-9-10-21(24-16-18)25-11-13-26(14-12-25)22(27)20-15-17-7-5-3-4-6-8-19(17)30-20/h9-10,15-16H,2-8,11-14H2,1H3. The highest BCUT2D eigenvalue weighted by molar-refractivity contribution is 7.14. The molecule has 0 spiro atoms. The first-order chi connectivity index (χ1) is 14.7. The van der Waals surface area contributed by atoms with Crippen molar-refractivity contribution < 1.29 is 14.3 Å². The zero-order valence-corrected chi connectivity index (χ0v) is 18.4. The predicted octanol–water partition coefficient (Wildman–Crippen LogP) is 3.94. The third kappa shape index (κ3) is 4.67. The Morgan fingerprint density at radius 3 is 2.53 bits per heavy atom. The van der Waals surface area contributed by atoms with Gasteiger partial charge >= 0.3 is 5.97 Å². The lowest BCUT2D eigenvalue weighted by Crippen LogP contribution is -2.48. The van der Waals surface area contributed by atoms with E-state index in [1.165, 1.54) is 36.1 Å². The maximum absolute atomic E-state index is 13.1. The lowest BCUT2D eigenvalue weighted by atomic mass is 10.00. The van der Waals surface area contributed by atoms with Gasteiger partial charge in [0.05, 0.1) is 17.0 Å². The van der Waals surface area contributed by atoms with Crippen LogP contribution in [0.3, 0.4) is 0 Å². The van der Waals surface area contributed by atoms with E-state index in [9.17, 15) is 9.59 Å². The van der Waals surface area contributed by atoms with Gasteiger partial charge in [-0.15, -0.1) is 11.3 Å². The maximum atomic E-state index is 13.1. The molecule has 2 aromatic rings. The number of carbonyl (C=O) groups is 2. The molecule has 0 radical (unpaired) electrons. The molecule has 30 heavy (non-hydrogen) atoms. The second kappa shape index (κ2) is 9.60. The Morgan fingerprint density at radius 1 is 1.07 bits per heavy atom. The highest BCUT2D eigenvalue weighted by Gasteiger charge is 2.25. The minimum absolute atomic E-state index is 0.164. The number of ether oxygens (including phenoxy) is 1. The summed E-state index contributed by atoms with van der Waals surface area (Å²) >= 11 is 1.70. The highest BCUT2D eigenvalue weighted by atomic mass is 32.1. The van der Waals surface area contributed by atoms with Gasteiger partial charge in [0.2, 0.25) is 0 Å². The van der Waals surface area contributed by atoms with Crippen LogP contribution in [-0.4, -0.2) is 54.5 Å². The summed E-state index contributed by atoms with van der Waals surface area (Å²) in [6, 6.07) is 5.75. The van der Waals surface area contributed by atoms with Crippen LogP contribution in [0.4, 0.5) is 5.82 Å². The normalized spacial score (nSPS) is 17.1. The molecule has 6 nitrogen and oxygen atoms in total. The third-order valence-corrected chi connectivity index (χ3v) is 7.08. The number of hydrogen-bond acceptors (Lipinski definition) is 6. The van der Waals surface area contributed by atoms with E-state index in [4.69, 9.17) is 4.74 Å². The number of pyridine rings is 1. The van der Waals surface area contributed by atoms with Crippen molar-refractivity contribution in [2.24, 2.45) is 0 Å². The van der Waals surface area contributed by atoms with Gasteiger partial charge in [0.15, 0.2) is 0 Å². The number of amides is 1. The molecule has 0 unspecified atom stereocenters. The molecule has 0 aromatic carbocycles. The topological polar surface area (TPSA) is 62.7 Å². The van der Waals surface area contributed by atoms with Gasteiger partial charge in [-0.3, -0.25) is 4.79 Å².